The number of phenolic OH excluding ortho intramolecular Hbond substituents is 1. The molecule has 82 valence electrons. The van der Waals surface area contributed by atoms with Crippen molar-refractivity contribution < 1.29 is 19.0 Å². The van der Waals surface area contributed by atoms with Gasteiger partial charge in [-0.2, -0.15) is 0 Å². The number of carbonyl (C=O) groups excluding carboxylic acids is 1. The highest BCUT2D eigenvalue weighted by molar-refractivity contribution is 6.32. The number of ether oxygens (including phenoxy) is 1. The number of hydrogen-bond acceptors (Lipinski definition) is 3. The summed E-state index contributed by atoms with van der Waals surface area (Å²) in [6, 6.07) is 3.68. The summed E-state index contributed by atoms with van der Waals surface area (Å²) in [5, 5.41) is 9.12. The molecule has 0 aliphatic carbocycles. The molecule has 1 atom stereocenters. The van der Waals surface area contributed by atoms with E-state index in [2.05, 4.69) is 4.74 Å². The van der Waals surface area contributed by atoms with Crippen molar-refractivity contribution in [1.82, 2.24) is 0 Å². The van der Waals surface area contributed by atoms with Crippen LogP contribution >= 0.6 is 11.6 Å². The van der Waals surface area contributed by atoms with Gasteiger partial charge in [-0.25, -0.2) is 9.18 Å². The summed E-state index contributed by atoms with van der Waals surface area (Å²) >= 11 is 5.60. The highest BCUT2D eigenvalue weighted by atomic mass is 35.5. The second kappa shape index (κ2) is 4.06. The smallest absolute Gasteiger partial charge is 0.348 e. The van der Waals surface area contributed by atoms with E-state index in [4.69, 9.17) is 16.7 Å². The molecule has 5 heteroatoms. The van der Waals surface area contributed by atoms with Crippen molar-refractivity contribution in [2.45, 2.75) is 12.6 Å². The molecule has 0 saturated carbocycles. The van der Waals surface area contributed by atoms with Gasteiger partial charge in [-0.15, -0.1) is 0 Å². The second-order valence-corrected chi connectivity index (χ2v) is 3.57. The highest BCUT2D eigenvalue weighted by Gasteiger charge is 2.36. The van der Waals surface area contributed by atoms with E-state index in [-0.39, 0.29) is 16.3 Å². The molecule has 0 aromatic heterocycles. The van der Waals surface area contributed by atoms with E-state index < -0.39 is 11.6 Å². The van der Waals surface area contributed by atoms with Gasteiger partial charge in [-0.05, 0) is 19.1 Å². The number of phenols is 1. The van der Waals surface area contributed by atoms with E-state index in [0.717, 1.165) is 14.0 Å². The van der Waals surface area contributed by atoms with Crippen LogP contribution in [-0.2, 0) is 15.2 Å². The van der Waals surface area contributed by atoms with Crippen LogP contribution in [0.15, 0.2) is 18.2 Å². The van der Waals surface area contributed by atoms with Crippen molar-refractivity contribution in [2.75, 3.05) is 7.11 Å². The number of alkyl halides is 1. The number of methoxy groups -OCH3 is 1. The van der Waals surface area contributed by atoms with Crippen molar-refractivity contribution in [3.8, 4) is 5.75 Å². The quantitative estimate of drug-likeness (QED) is 0.797. The van der Waals surface area contributed by atoms with Gasteiger partial charge in [-0.3, -0.25) is 0 Å². The normalized spacial score (nSPS) is 14.4. The lowest BCUT2D eigenvalue weighted by molar-refractivity contribution is -0.154. The van der Waals surface area contributed by atoms with Crippen LogP contribution in [0.3, 0.4) is 0 Å². The molecule has 1 unspecified atom stereocenters. The Kier molecular flexibility index (Phi) is 3.19. The van der Waals surface area contributed by atoms with E-state index in [0.29, 0.717) is 0 Å². The van der Waals surface area contributed by atoms with Gasteiger partial charge in [0.05, 0.1) is 12.1 Å². The van der Waals surface area contributed by atoms with Gasteiger partial charge < -0.3 is 9.84 Å². The number of halogens is 2. The van der Waals surface area contributed by atoms with Crippen LogP contribution in [0, 0.1) is 0 Å². The molecule has 15 heavy (non-hydrogen) atoms. The van der Waals surface area contributed by atoms with E-state index >= 15 is 0 Å². The van der Waals surface area contributed by atoms with Crippen LogP contribution in [0.5, 0.6) is 5.75 Å². The number of hydrogen-bond donors (Lipinski definition) is 1. The summed E-state index contributed by atoms with van der Waals surface area (Å²) < 4.78 is 18.2. The molecule has 1 rings (SSSR count). The van der Waals surface area contributed by atoms with Gasteiger partial charge >= 0.3 is 5.97 Å². The first-order valence-electron chi connectivity index (χ1n) is 4.16. The first kappa shape index (κ1) is 11.8. The maximum atomic E-state index is 13.9. The largest absolute Gasteiger partial charge is 0.506 e. The van der Waals surface area contributed by atoms with Gasteiger partial charge in [-0.1, -0.05) is 17.7 Å². The summed E-state index contributed by atoms with van der Waals surface area (Å²) in [7, 11) is 1.10. The molecule has 1 aromatic carbocycles. The molecule has 1 N–H and O–H groups in total. The fourth-order valence-electron chi connectivity index (χ4n) is 1.11. The highest BCUT2D eigenvalue weighted by Crippen LogP contribution is 2.32. The summed E-state index contributed by atoms with van der Waals surface area (Å²) in [6.45, 7) is 1.07. The average molecular weight is 233 g/mol. The predicted octanol–water partition coefficient (Wildman–Crippen LogP) is 2.40. The molecule has 0 radical (unpaired) electrons. The molecular weight excluding hydrogens is 223 g/mol. The van der Waals surface area contributed by atoms with Gasteiger partial charge in [0.25, 0.3) is 0 Å². The minimum absolute atomic E-state index is 0.0136. The predicted molar refractivity (Wildman–Crippen MR) is 53.6 cm³/mol. The number of carbonyl (C=O) groups is 1. The number of esters is 1. The topological polar surface area (TPSA) is 46.5 Å². The van der Waals surface area contributed by atoms with Gasteiger partial charge in [0, 0.05) is 5.56 Å². The van der Waals surface area contributed by atoms with E-state index in [1.807, 2.05) is 0 Å². The van der Waals surface area contributed by atoms with Crippen LogP contribution in [0.4, 0.5) is 4.39 Å². The van der Waals surface area contributed by atoms with E-state index in [1.54, 1.807) is 0 Å². The Hall–Kier alpha value is -1.29. The lowest BCUT2D eigenvalue weighted by Gasteiger charge is -2.18. The minimum Gasteiger partial charge on any atom is -0.506 e. The molecule has 0 heterocycles. The SMILES string of the molecule is COC(=O)C(C)(F)c1ccc(O)c(Cl)c1. The molecule has 0 saturated heterocycles. The Labute approximate surface area is 91.4 Å². The van der Waals surface area contributed by atoms with Crippen LogP contribution < -0.4 is 0 Å². The fraction of sp³-hybridized carbons (Fsp3) is 0.300. The third-order valence-electron chi connectivity index (χ3n) is 2.06. The fourth-order valence-corrected chi connectivity index (χ4v) is 1.29. The molecule has 0 aliphatic rings. The lowest BCUT2D eigenvalue weighted by atomic mass is 9.98. The summed E-state index contributed by atoms with van der Waals surface area (Å²) in [5.74, 6) is -1.18. The molecule has 0 spiro atoms. The zero-order valence-electron chi connectivity index (χ0n) is 8.25. The Morgan fingerprint density at radius 1 is 1.60 bits per heavy atom. The molecule has 0 aliphatic heterocycles. The number of aromatic hydroxyl groups is 1. The Balaban J connectivity index is 3.16. The Morgan fingerprint density at radius 3 is 2.67 bits per heavy atom. The summed E-state index contributed by atoms with van der Waals surface area (Å²) in [6.07, 6.45) is 0. The molecule has 0 bridgehead atoms. The Bertz CT molecular complexity index is 390. The maximum Gasteiger partial charge on any atom is 0.348 e. The van der Waals surface area contributed by atoms with Crippen LogP contribution in [0.1, 0.15) is 12.5 Å². The van der Waals surface area contributed by atoms with Crippen molar-refractivity contribution in [3.05, 3.63) is 28.8 Å². The first-order chi connectivity index (χ1) is 6.89. The average Bonchev–Trinajstić information content (AvgIpc) is 2.20. The molecule has 0 amide bonds. The summed E-state index contributed by atoms with van der Waals surface area (Å²) in [4.78, 5) is 11.1. The molecule has 1 aromatic rings. The minimum atomic E-state index is -2.27. The van der Waals surface area contributed by atoms with Gasteiger partial charge in [0.2, 0.25) is 5.67 Å². The maximum absolute atomic E-state index is 13.9. The zero-order valence-corrected chi connectivity index (χ0v) is 9.01. The molecule has 3 nitrogen and oxygen atoms in total. The molecule has 0 fully saturated rings. The molecular formula is C10H10ClFO3. The van der Waals surface area contributed by atoms with Crippen molar-refractivity contribution >= 4 is 17.6 Å². The number of benzene rings is 1. The van der Waals surface area contributed by atoms with Gasteiger partial charge in [0.15, 0.2) is 0 Å². The third kappa shape index (κ3) is 2.21. The monoisotopic (exact) mass is 232 g/mol. The van der Waals surface area contributed by atoms with Crippen LogP contribution in [0.2, 0.25) is 5.02 Å². The lowest BCUT2D eigenvalue weighted by Crippen LogP contribution is -2.28. The van der Waals surface area contributed by atoms with Crippen molar-refractivity contribution in [3.63, 3.8) is 0 Å². The van der Waals surface area contributed by atoms with E-state index in [9.17, 15) is 9.18 Å². The van der Waals surface area contributed by atoms with Crippen LogP contribution in [-0.4, -0.2) is 18.2 Å². The first-order valence-corrected chi connectivity index (χ1v) is 4.53. The van der Waals surface area contributed by atoms with Crippen LogP contribution in [0.25, 0.3) is 0 Å². The van der Waals surface area contributed by atoms with E-state index in [1.165, 1.54) is 18.2 Å². The Morgan fingerprint density at radius 2 is 2.20 bits per heavy atom. The third-order valence-corrected chi connectivity index (χ3v) is 2.36. The number of rotatable bonds is 2. The van der Waals surface area contributed by atoms with Crippen molar-refractivity contribution in [2.24, 2.45) is 0 Å². The standard InChI is InChI=1S/C10H10ClFO3/c1-10(12,9(14)15-2)6-3-4-8(13)7(11)5-6/h3-5,13H,1-2H3. The second-order valence-electron chi connectivity index (χ2n) is 3.16. The van der Waals surface area contributed by atoms with Crippen molar-refractivity contribution in [1.29, 1.82) is 0 Å². The zero-order chi connectivity index (χ0) is 11.6. The summed E-state index contributed by atoms with van der Waals surface area (Å²) in [5.41, 5.74) is -2.23. The van der Waals surface area contributed by atoms with Gasteiger partial charge in [0.1, 0.15) is 5.75 Å².